The van der Waals surface area contributed by atoms with Gasteiger partial charge in [-0.2, -0.15) is 0 Å². The Kier molecular flexibility index (Phi) is 2.47. The van der Waals surface area contributed by atoms with E-state index >= 15 is 0 Å². The minimum Gasteiger partial charge on any atom is -0.318 e. The first kappa shape index (κ1) is 11.5. The summed E-state index contributed by atoms with van der Waals surface area (Å²) < 4.78 is 14.6. The Balaban J connectivity index is 1.93. The van der Waals surface area contributed by atoms with Crippen LogP contribution < -0.4 is 0 Å². The van der Waals surface area contributed by atoms with Gasteiger partial charge in [0.25, 0.3) is 0 Å². The van der Waals surface area contributed by atoms with Gasteiger partial charge in [-0.1, -0.05) is 11.8 Å². The summed E-state index contributed by atoms with van der Waals surface area (Å²) in [5.41, 5.74) is 2.34. The van der Waals surface area contributed by atoms with Crippen molar-refractivity contribution >= 4 is 44.0 Å². The Morgan fingerprint density at radius 1 is 1.37 bits per heavy atom. The van der Waals surface area contributed by atoms with Gasteiger partial charge in [-0.25, -0.2) is 4.39 Å². The van der Waals surface area contributed by atoms with Gasteiger partial charge < -0.3 is 4.90 Å². The zero-order valence-corrected chi connectivity index (χ0v) is 11.9. The Morgan fingerprint density at radius 2 is 2.26 bits per heavy atom. The van der Waals surface area contributed by atoms with Gasteiger partial charge >= 0.3 is 0 Å². The molecule has 2 aliphatic rings. The van der Waals surface area contributed by atoms with Crippen molar-refractivity contribution < 1.29 is 4.39 Å². The van der Waals surface area contributed by atoms with E-state index in [0.717, 1.165) is 33.9 Å². The Labute approximate surface area is 118 Å². The first-order valence-electron chi connectivity index (χ1n) is 6.12. The summed E-state index contributed by atoms with van der Waals surface area (Å²) in [6.07, 6.45) is 0. The van der Waals surface area contributed by atoms with Crippen LogP contribution in [0.4, 0.5) is 4.39 Å². The third-order valence-electron chi connectivity index (χ3n) is 3.44. The predicted molar refractivity (Wildman–Crippen MR) is 81.0 cm³/mol. The maximum atomic E-state index is 13.5. The van der Waals surface area contributed by atoms with Crippen LogP contribution >= 0.6 is 23.1 Å². The molecule has 0 saturated heterocycles. The number of aliphatic imine (C=N–C) groups is 1. The second kappa shape index (κ2) is 4.08. The highest BCUT2D eigenvalue weighted by molar-refractivity contribution is 8.17. The van der Waals surface area contributed by atoms with E-state index in [0.29, 0.717) is 0 Å². The number of fused-ring (bicyclic) bond motifs is 2. The number of hydrogen-bond donors (Lipinski definition) is 0. The number of rotatable bonds is 1. The van der Waals surface area contributed by atoms with Crippen molar-refractivity contribution in [1.29, 1.82) is 0 Å². The molecule has 0 spiro atoms. The molecule has 1 aromatic heterocycles. The fourth-order valence-corrected chi connectivity index (χ4v) is 4.58. The lowest BCUT2D eigenvalue weighted by Crippen LogP contribution is -2.19. The second-order valence-electron chi connectivity index (χ2n) is 4.61. The fraction of sp³-hybridized carbons (Fsp3) is 0.214. The van der Waals surface area contributed by atoms with Crippen molar-refractivity contribution in [1.82, 2.24) is 4.90 Å². The number of hydrogen-bond acceptors (Lipinski definition) is 4. The largest absolute Gasteiger partial charge is 0.318 e. The standard InChI is InChI=1S/C14H11FN2S2/c1-8-13(17-5-4-16-14(17)19-8)11-7-18-12-3-2-9(15)6-10(11)12/h2-3,6-7H,4-5H2,1H3. The molecule has 5 heteroatoms. The topological polar surface area (TPSA) is 15.6 Å². The normalized spacial score (nSPS) is 18.4. The predicted octanol–water partition coefficient (Wildman–Crippen LogP) is 4.15. The van der Waals surface area contributed by atoms with Crippen LogP contribution in [0.2, 0.25) is 0 Å². The fourth-order valence-electron chi connectivity index (χ4n) is 2.62. The third kappa shape index (κ3) is 1.65. The first-order chi connectivity index (χ1) is 9.24. The number of benzene rings is 1. The molecule has 0 atom stereocenters. The zero-order valence-electron chi connectivity index (χ0n) is 10.3. The number of thioether (sulfide) groups is 1. The van der Waals surface area contributed by atoms with Crippen molar-refractivity contribution in [2.75, 3.05) is 13.1 Å². The van der Waals surface area contributed by atoms with E-state index in [1.165, 1.54) is 16.7 Å². The summed E-state index contributed by atoms with van der Waals surface area (Å²) in [5, 5.41) is 4.22. The highest BCUT2D eigenvalue weighted by Gasteiger charge is 2.32. The molecule has 0 unspecified atom stereocenters. The van der Waals surface area contributed by atoms with E-state index < -0.39 is 0 Å². The quantitative estimate of drug-likeness (QED) is 0.784. The number of allylic oxidation sites excluding steroid dienone is 1. The number of halogens is 1. The minimum atomic E-state index is -0.175. The SMILES string of the molecule is CC1=C(c2csc3ccc(F)cc23)N2CCN=C2S1. The Morgan fingerprint density at radius 3 is 3.16 bits per heavy atom. The summed E-state index contributed by atoms with van der Waals surface area (Å²) in [7, 11) is 0. The molecule has 0 saturated carbocycles. The molecule has 19 heavy (non-hydrogen) atoms. The number of nitrogens with zero attached hydrogens (tertiary/aromatic N) is 2. The van der Waals surface area contributed by atoms with Crippen LogP contribution in [0.15, 0.2) is 33.5 Å². The van der Waals surface area contributed by atoms with E-state index in [1.54, 1.807) is 29.2 Å². The molecule has 96 valence electrons. The molecule has 1 aromatic carbocycles. The van der Waals surface area contributed by atoms with Gasteiger partial charge in [0, 0.05) is 32.5 Å². The number of amidine groups is 1. The van der Waals surface area contributed by atoms with Gasteiger partial charge in [0.2, 0.25) is 0 Å². The van der Waals surface area contributed by atoms with Crippen LogP contribution in [0.5, 0.6) is 0 Å². The van der Waals surface area contributed by atoms with E-state index in [-0.39, 0.29) is 5.82 Å². The van der Waals surface area contributed by atoms with Gasteiger partial charge in [-0.3, -0.25) is 4.99 Å². The van der Waals surface area contributed by atoms with Crippen molar-refractivity contribution in [3.63, 3.8) is 0 Å². The number of thiophene rings is 1. The van der Waals surface area contributed by atoms with Crippen LogP contribution in [0.25, 0.3) is 15.8 Å². The van der Waals surface area contributed by atoms with E-state index in [1.807, 2.05) is 6.07 Å². The maximum Gasteiger partial charge on any atom is 0.168 e. The van der Waals surface area contributed by atoms with Crippen LogP contribution in [-0.4, -0.2) is 23.2 Å². The lowest BCUT2D eigenvalue weighted by Gasteiger charge is -2.16. The summed E-state index contributed by atoms with van der Waals surface area (Å²) in [4.78, 5) is 8.01. The minimum absolute atomic E-state index is 0.175. The van der Waals surface area contributed by atoms with Gasteiger partial charge in [0.1, 0.15) is 5.82 Å². The molecule has 0 aliphatic carbocycles. The average molecular weight is 290 g/mol. The molecule has 0 fully saturated rings. The van der Waals surface area contributed by atoms with Crippen molar-refractivity contribution in [3.05, 3.63) is 39.9 Å². The summed E-state index contributed by atoms with van der Waals surface area (Å²) >= 11 is 3.39. The summed E-state index contributed by atoms with van der Waals surface area (Å²) in [6.45, 7) is 3.90. The van der Waals surface area contributed by atoms with Crippen LogP contribution in [0.1, 0.15) is 12.5 Å². The molecule has 0 amide bonds. The van der Waals surface area contributed by atoms with Crippen molar-refractivity contribution in [3.8, 4) is 0 Å². The lowest BCUT2D eigenvalue weighted by atomic mass is 10.1. The molecule has 0 N–H and O–H groups in total. The average Bonchev–Trinajstić information content (AvgIpc) is 3.03. The highest BCUT2D eigenvalue weighted by atomic mass is 32.2. The Hall–Kier alpha value is -1.33. The molecule has 2 aromatic rings. The lowest BCUT2D eigenvalue weighted by molar-refractivity contribution is 0.629. The van der Waals surface area contributed by atoms with Gasteiger partial charge in [-0.15, -0.1) is 11.3 Å². The first-order valence-corrected chi connectivity index (χ1v) is 7.81. The van der Waals surface area contributed by atoms with Crippen LogP contribution in [-0.2, 0) is 0 Å². The summed E-state index contributed by atoms with van der Waals surface area (Å²) in [6, 6.07) is 5.02. The molecule has 2 aliphatic heterocycles. The van der Waals surface area contributed by atoms with Gasteiger partial charge in [0.15, 0.2) is 5.17 Å². The molecular formula is C14H11FN2S2. The zero-order chi connectivity index (χ0) is 13.0. The second-order valence-corrected chi connectivity index (χ2v) is 6.71. The van der Waals surface area contributed by atoms with E-state index in [2.05, 4.69) is 22.2 Å². The molecule has 4 rings (SSSR count). The summed E-state index contributed by atoms with van der Waals surface area (Å²) in [5.74, 6) is -0.175. The van der Waals surface area contributed by atoms with Gasteiger partial charge in [-0.05, 0) is 25.1 Å². The maximum absolute atomic E-state index is 13.5. The molecular weight excluding hydrogens is 279 g/mol. The van der Waals surface area contributed by atoms with Crippen LogP contribution in [0.3, 0.4) is 0 Å². The highest BCUT2D eigenvalue weighted by Crippen LogP contribution is 2.44. The monoisotopic (exact) mass is 290 g/mol. The molecule has 3 heterocycles. The van der Waals surface area contributed by atoms with Gasteiger partial charge in [0.05, 0.1) is 12.2 Å². The molecule has 0 bridgehead atoms. The van der Waals surface area contributed by atoms with E-state index in [4.69, 9.17) is 0 Å². The smallest absolute Gasteiger partial charge is 0.168 e. The molecule has 0 radical (unpaired) electrons. The van der Waals surface area contributed by atoms with E-state index in [9.17, 15) is 4.39 Å². The van der Waals surface area contributed by atoms with Crippen molar-refractivity contribution in [2.45, 2.75) is 6.92 Å². The molecule has 2 nitrogen and oxygen atoms in total. The van der Waals surface area contributed by atoms with Crippen LogP contribution in [0, 0.1) is 5.82 Å². The third-order valence-corrected chi connectivity index (χ3v) is 5.44. The Bertz CT molecular complexity index is 745. The van der Waals surface area contributed by atoms with Crippen molar-refractivity contribution in [2.24, 2.45) is 4.99 Å².